The van der Waals surface area contributed by atoms with Gasteiger partial charge in [0.05, 0.1) is 6.61 Å². The number of hydrogen-bond donors (Lipinski definition) is 1. The van der Waals surface area contributed by atoms with Gasteiger partial charge in [-0.05, 0) is 56.7 Å². The van der Waals surface area contributed by atoms with Gasteiger partial charge in [0, 0.05) is 18.8 Å². The minimum absolute atomic E-state index is 0.152. The highest BCUT2D eigenvalue weighted by Gasteiger charge is 2.11. The Labute approximate surface area is 155 Å². The third kappa shape index (κ3) is 6.82. The molecule has 0 aliphatic heterocycles. The first-order valence-electron chi connectivity index (χ1n) is 9.45. The minimum atomic E-state index is -0.301. The molecular weight excluding hydrogens is 328 g/mol. The first-order valence-corrected chi connectivity index (χ1v) is 9.45. The largest absolute Gasteiger partial charge is 0.463 e. The Balaban J connectivity index is 1.98. The molecule has 0 saturated carbocycles. The number of nitrogens with one attached hydrogen (secondary N) is 1. The van der Waals surface area contributed by atoms with Crippen LogP contribution in [0.2, 0.25) is 0 Å². The van der Waals surface area contributed by atoms with E-state index in [1.165, 1.54) is 30.1 Å². The van der Waals surface area contributed by atoms with Gasteiger partial charge in [-0.2, -0.15) is 0 Å². The summed E-state index contributed by atoms with van der Waals surface area (Å²) < 4.78 is 4.97. The fourth-order valence-electron chi connectivity index (χ4n) is 3.11. The zero-order valence-electron chi connectivity index (χ0n) is 15.5. The van der Waals surface area contributed by atoms with Crippen LogP contribution in [0.5, 0.6) is 0 Å². The monoisotopic (exact) mass is 356 g/mol. The van der Waals surface area contributed by atoms with Crippen molar-refractivity contribution in [2.45, 2.75) is 51.9 Å². The van der Waals surface area contributed by atoms with Crippen molar-refractivity contribution >= 4 is 11.9 Å². The molecule has 140 valence electrons. The first-order chi connectivity index (χ1) is 12.7. The lowest BCUT2D eigenvalue weighted by molar-refractivity contribution is -0.137. The lowest BCUT2D eigenvalue weighted by Gasteiger charge is -2.17. The third-order valence-corrected chi connectivity index (χ3v) is 4.45. The molecule has 1 aliphatic carbocycles. The fraction of sp³-hybridized carbons (Fsp3) is 0.476. The molecule has 1 aromatic heterocycles. The van der Waals surface area contributed by atoms with Gasteiger partial charge in [-0.25, -0.2) is 4.79 Å². The number of pyridine rings is 1. The van der Waals surface area contributed by atoms with Gasteiger partial charge < -0.3 is 10.1 Å². The lowest BCUT2D eigenvalue weighted by Crippen LogP contribution is -2.25. The standard InChI is InChI=1S/C21H28N2O3/c1-2-26-20(24)13-12-17-9-5-3-4-6-10-18(17)14-16-23-21(25)19-11-7-8-15-22-19/h7-8,11-13,15H,2-6,9-10,14,16H2,1H3,(H,23,25)/b13-12+,18-17-. The minimum Gasteiger partial charge on any atom is -0.463 e. The number of esters is 1. The maximum absolute atomic E-state index is 12.1. The molecule has 0 unspecified atom stereocenters. The second-order valence-electron chi connectivity index (χ2n) is 6.35. The molecule has 5 nitrogen and oxygen atoms in total. The molecule has 0 fully saturated rings. The summed E-state index contributed by atoms with van der Waals surface area (Å²) >= 11 is 0. The molecule has 5 heteroatoms. The second-order valence-corrected chi connectivity index (χ2v) is 6.35. The highest BCUT2D eigenvalue weighted by molar-refractivity contribution is 5.92. The number of carbonyl (C=O) groups is 2. The smallest absolute Gasteiger partial charge is 0.330 e. The predicted molar refractivity (Wildman–Crippen MR) is 102 cm³/mol. The topological polar surface area (TPSA) is 68.3 Å². The van der Waals surface area contributed by atoms with Crippen LogP contribution in [-0.4, -0.2) is 30.0 Å². The number of rotatable bonds is 7. The van der Waals surface area contributed by atoms with Gasteiger partial charge in [-0.3, -0.25) is 9.78 Å². The Kier molecular flexibility index (Phi) is 8.60. The van der Waals surface area contributed by atoms with Gasteiger partial charge in [-0.1, -0.05) is 30.6 Å². The number of allylic oxidation sites excluding steroid dienone is 2. The van der Waals surface area contributed by atoms with Crippen molar-refractivity contribution in [2.24, 2.45) is 0 Å². The number of hydrogen-bond acceptors (Lipinski definition) is 4. The molecule has 1 aromatic rings. The number of ether oxygens (including phenoxy) is 1. The quantitative estimate of drug-likeness (QED) is 0.593. The van der Waals surface area contributed by atoms with Crippen molar-refractivity contribution in [2.75, 3.05) is 13.2 Å². The fourth-order valence-corrected chi connectivity index (χ4v) is 3.11. The Morgan fingerprint density at radius 1 is 1.19 bits per heavy atom. The summed E-state index contributed by atoms with van der Waals surface area (Å²) in [5.41, 5.74) is 2.97. The molecule has 0 saturated heterocycles. The van der Waals surface area contributed by atoms with Crippen molar-refractivity contribution in [3.05, 3.63) is 53.4 Å². The van der Waals surface area contributed by atoms with Gasteiger partial charge in [0.15, 0.2) is 0 Å². The Morgan fingerprint density at radius 3 is 2.73 bits per heavy atom. The summed E-state index contributed by atoms with van der Waals surface area (Å²) in [6, 6.07) is 5.30. The maximum atomic E-state index is 12.1. The third-order valence-electron chi connectivity index (χ3n) is 4.45. The van der Waals surface area contributed by atoms with Crippen LogP contribution in [0, 0.1) is 0 Å². The van der Waals surface area contributed by atoms with E-state index in [0.717, 1.165) is 32.1 Å². The van der Waals surface area contributed by atoms with Crippen LogP contribution in [0.1, 0.15) is 62.4 Å². The molecule has 1 aliphatic rings. The molecule has 1 amide bonds. The van der Waals surface area contributed by atoms with Crippen molar-refractivity contribution in [1.82, 2.24) is 10.3 Å². The molecular formula is C21H28N2O3. The van der Waals surface area contributed by atoms with Crippen molar-refractivity contribution in [3.63, 3.8) is 0 Å². The highest BCUT2D eigenvalue weighted by Crippen LogP contribution is 2.26. The van der Waals surface area contributed by atoms with Crippen LogP contribution in [0.4, 0.5) is 0 Å². The molecule has 0 spiro atoms. The summed E-state index contributed by atoms with van der Waals surface area (Å²) in [5.74, 6) is -0.453. The lowest BCUT2D eigenvalue weighted by atomic mass is 9.91. The summed E-state index contributed by atoms with van der Waals surface area (Å²) in [7, 11) is 0. The van der Waals surface area contributed by atoms with Crippen LogP contribution in [-0.2, 0) is 9.53 Å². The summed E-state index contributed by atoms with van der Waals surface area (Å²) in [5, 5.41) is 2.94. The number of aromatic nitrogens is 1. The average molecular weight is 356 g/mol. The number of amides is 1. The molecule has 2 rings (SSSR count). The van der Waals surface area contributed by atoms with E-state index in [1.54, 1.807) is 31.3 Å². The van der Waals surface area contributed by atoms with Crippen molar-refractivity contribution < 1.29 is 14.3 Å². The molecule has 0 bridgehead atoms. The Morgan fingerprint density at radius 2 is 2.00 bits per heavy atom. The van der Waals surface area contributed by atoms with E-state index in [1.807, 2.05) is 6.08 Å². The zero-order chi connectivity index (χ0) is 18.6. The predicted octanol–water partition coefficient (Wildman–Crippen LogP) is 3.97. The van der Waals surface area contributed by atoms with E-state index < -0.39 is 0 Å². The summed E-state index contributed by atoms with van der Waals surface area (Å²) in [6.07, 6.45) is 12.6. The van der Waals surface area contributed by atoms with Crippen LogP contribution < -0.4 is 5.32 Å². The Hall–Kier alpha value is -2.43. The molecule has 26 heavy (non-hydrogen) atoms. The van der Waals surface area contributed by atoms with Crippen molar-refractivity contribution in [3.8, 4) is 0 Å². The van der Waals surface area contributed by atoms with E-state index in [0.29, 0.717) is 18.8 Å². The van der Waals surface area contributed by atoms with E-state index in [4.69, 9.17) is 4.74 Å². The highest BCUT2D eigenvalue weighted by atomic mass is 16.5. The molecule has 0 atom stereocenters. The number of nitrogens with zero attached hydrogens (tertiary/aromatic N) is 1. The zero-order valence-corrected chi connectivity index (χ0v) is 15.5. The molecule has 0 aromatic carbocycles. The SMILES string of the molecule is CCOC(=O)/C=C/C1=C(\CCNC(=O)c2ccccn2)CCCCCC1. The van der Waals surface area contributed by atoms with Crippen LogP contribution >= 0.6 is 0 Å². The van der Waals surface area contributed by atoms with E-state index in [-0.39, 0.29) is 11.9 Å². The van der Waals surface area contributed by atoms with Crippen LogP contribution in [0.3, 0.4) is 0 Å². The summed E-state index contributed by atoms with van der Waals surface area (Å²) in [6.45, 7) is 2.76. The van der Waals surface area contributed by atoms with Crippen molar-refractivity contribution in [1.29, 1.82) is 0 Å². The van der Waals surface area contributed by atoms with Gasteiger partial charge >= 0.3 is 5.97 Å². The van der Waals surface area contributed by atoms with E-state index >= 15 is 0 Å². The van der Waals surface area contributed by atoms with E-state index in [2.05, 4.69) is 10.3 Å². The van der Waals surface area contributed by atoms with Gasteiger partial charge in [0.1, 0.15) is 5.69 Å². The van der Waals surface area contributed by atoms with Gasteiger partial charge in [0.2, 0.25) is 0 Å². The van der Waals surface area contributed by atoms with E-state index in [9.17, 15) is 9.59 Å². The molecule has 0 radical (unpaired) electrons. The van der Waals surface area contributed by atoms with Gasteiger partial charge in [0.25, 0.3) is 5.91 Å². The first kappa shape index (κ1) is 19.9. The van der Waals surface area contributed by atoms with Crippen LogP contribution in [0.25, 0.3) is 0 Å². The average Bonchev–Trinajstić information content (AvgIpc) is 2.64. The number of carbonyl (C=O) groups excluding carboxylic acids is 2. The molecule has 1 N–H and O–H groups in total. The second kappa shape index (κ2) is 11.2. The van der Waals surface area contributed by atoms with Crippen LogP contribution in [0.15, 0.2) is 47.7 Å². The normalized spacial score (nSPS) is 18.2. The summed E-state index contributed by atoms with van der Waals surface area (Å²) in [4.78, 5) is 27.8. The molecule has 1 heterocycles. The van der Waals surface area contributed by atoms with Gasteiger partial charge in [-0.15, -0.1) is 0 Å². The Bertz CT molecular complexity index is 650. The maximum Gasteiger partial charge on any atom is 0.330 e.